The van der Waals surface area contributed by atoms with Gasteiger partial charge in [0.25, 0.3) is 6.64 Å². The third-order valence-electron chi connectivity index (χ3n) is 2.76. The summed E-state index contributed by atoms with van der Waals surface area (Å²) in [4.78, 5) is 16.2. The number of thioether (sulfide) groups is 1. The van der Waals surface area contributed by atoms with Gasteiger partial charge in [0, 0.05) is 12.0 Å². The third kappa shape index (κ3) is 7.29. The standard InChI is InChI=1S/C12H24N3O4PS3/c1-6-15(20(21)17-7-12(3,4)8-18-20)23-9-13-11(16)19-14-10(2)22-5/h6-9H2,1-5H3,(H,13,16)/b14-10+. The maximum Gasteiger partial charge on any atom is 0.434 e. The first-order valence-electron chi connectivity index (χ1n) is 7.06. The molecule has 1 N–H and O–H groups in total. The van der Waals surface area contributed by atoms with Crippen LogP contribution >= 0.6 is 30.4 Å². The molecule has 1 aliphatic rings. The van der Waals surface area contributed by atoms with E-state index in [9.17, 15) is 4.79 Å². The number of oxime groups is 1. The van der Waals surface area contributed by atoms with E-state index in [4.69, 9.17) is 25.7 Å². The van der Waals surface area contributed by atoms with Gasteiger partial charge in [-0.15, -0.1) is 11.8 Å². The fourth-order valence-corrected chi connectivity index (χ4v) is 5.83. The molecule has 0 radical (unpaired) electrons. The molecule has 0 spiro atoms. The van der Waals surface area contributed by atoms with Crippen molar-refractivity contribution < 1.29 is 18.7 Å². The van der Waals surface area contributed by atoms with Crippen LogP contribution in [0.5, 0.6) is 0 Å². The van der Waals surface area contributed by atoms with E-state index < -0.39 is 12.7 Å². The molecule has 1 saturated heterocycles. The summed E-state index contributed by atoms with van der Waals surface area (Å²) in [5.74, 6) is 0.301. The average Bonchev–Trinajstić information content (AvgIpc) is 2.52. The van der Waals surface area contributed by atoms with Crippen LogP contribution in [0.25, 0.3) is 0 Å². The topological polar surface area (TPSA) is 72.4 Å². The molecule has 1 fully saturated rings. The molecule has 0 aromatic rings. The van der Waals surface area contributed by atoms with E-state index in [2.05, 4.69) is 24.3 Å². The average molecular weight is 402 g/mol. The van der Waals surface area contributed by atoms with Crippen molar-refractivity contribution in [1.82, 2.24) is 9.39 Å². The van der Waals surface area contributed by atoms with Gasteiger partial charge in [-0.3, -0.25) is 4.84 Å². The highest BCUT2D eigenvalue weighted by Gasteiger charge is 2.37. The fraction of sp³-hybridized carbons (Fsp3) is 0.833. The van der Waals surface area contributed by atoms with E-state index in [-0.39, 0.29) is 5.41 Å². The summed E-state index contributed by atoms with van der Waals surface area (Å²) in [7, 11) is 0. The van der Waals surface area contributed by atoms with Gasteiger partial charge in [-0.2, -0.15) is 4.08 Å². The van der Waals surface area contributed by atoms with Gasteiger partial charge in [0.2, 0.25) is 0 Å². The van der Waals surface area contributed by atoms with E-state index in [1.165, 1.54) is 23.7 Å². The van der Waals surface area contributed by atoms with Gasteiger partial charge in [-0.1, -0.05) is 25.9 Å². The maximum atomic E-state index is 11.5. The largest absolute Gasteiger partial charge is 0.434 e. The maximum absolute atomic E-state index is 11.5. The number of nitrogens with zero attached hydrogens (tertiary/aromatic N) is 2. The van der Waals surface area contributed by atoms with Crippen molar-refractivity contribution >= 4 is 53.3 Å². The van der Waals surface area contributed by atoms with E-state index >= 15 is 0 Å². The second kappa shape index (κ2) is 9.60. The molecule has 134 valence electrons. The molecule has 1 rings (SSSR count). The number of carbonyl (C=O) groups excluding carboxylic acids is 1. The summed E-state index contributed by atoms with van der Waals surface area (Å²) >= 11 is 8.32. The summed E-state index contributed by atoms with van der Waals surface area (Å²) in [6.07, 6.45) is 1.25. The van der Waals surface area contributed by atoms with Crippen molar-refractivity contribution in [2.45, 2.75) is 27.7 Å². The highest BCUT2D eigenvalue weighted by atomic mass is 32.5. The summed E-state index contributed by atoms with van der Waals surface area (Å²) in [5, 5.41) is 6.94. The lowest BCUT2D eigenvalue weighted by Gasteiger charge is -2.40. The highest BCUT2D eigenvalue weighted by Crippen LogP contribution is 2.59. The molecule has 0 aromatic heterocycles. The van der Waals surface area contributed by atoms with Gasteiger partial charge in [0.05, 0.1) is 19.1 Å². The van der Waals surface area contributed by atoms with Gasteiger partial charge in [-0.25, -0.2) is 4.79 Å². The Hall–Kier alpha value is 0.170. The van der Waals surface area contributed by atoms with Crippen LogP contribution in [0.2, 0.25) is 0 Å². The molecule has 1 heterocycles. The monoisotopic (exact) mass is 401 g/mol. The van der Waals surface area contributed by atoms with Crippen LogP contribution in [0.3, 0.4) is 0 Å². The molecule has 23 heavy (non-hydrogen) atoms. The van der Waals surface area contributed by atoms with E-state index in [1.807, 2.05) is 17.3 Å². The zero-order chi connectivity index (χ0) is 17.5. The summed E-state index contributed by atoms with van der Waals surface area (Å²) in [5.41, 5.74) is -0.0262. The Balaban J connectivity index is 2.42. The number of nitrogens with one attached hydrogen (secondary N) is 1. The molecular weight excluding hydrogens is 377 g/mol. The van der Waals surface area contributed by atoms with Gasteiger partial charge in [0.1, 0.15) is 5.04 Å². The Morgan fingerprint density at radius 1 is 1.48 bits per heavy atom. The Morgan fingerprint density at radius 3 is 2.61 bits per heavy atom. The zero-order valence-corrected chi connectivity index (χ0v) is 17.4. The first kappa shape index (κ1) is 21.2. The first-order chi connectivity index (χ1) is 10.7. The normalized spacial score (nSPS) is 20.3. The Bertz CT molecular complexity index is 476. The van der Waals surface area contributed by atoms with Crippen LogP contribution in [0.15, 0.2) is 5.16 Å². The fourth-order valence-electron chi connectivity index (χ4n) is 1.40. The lowest BCUT2D eigenvalue weighted by atomic mass is 9.97. The lowest BCUT2D eigenvalue weighted by molar-refractivity contribution is 0.0509. The molecule has 0 atom stereocenters. The number of rotatable bonds is 6. The summed E-state index contributed by atoms with van der Waals surface area (Å²) in [6, 6.07) is 0. The zero-order valence-electron chi connectivity index (χ0n) is 14.0. The van der Waals surface area contributed by atoms with Gasteiger partial charge < -0.3 is 14.4 Å². The van der Waals surface area contributed by atoms with E-state index in [0.717, 1.165) is 0 Å². The minimum atomic E-state index is -2.49. The molecule has 0 unspecified atom stereocenters. The van der Waals surface area contributed by atoms with Crippen molar-refractivity contribution in [2.75, 3.05) is 31.9 Å². The van der Waals surface area contributed by atoms with Crippen LogP contribution in [0, 0.1) is 5.41 Å². The summed E-state index contributed by atoms with van der Waals surface area (Å²) < 4.78 is 13.5. The highest BCUT2D eigenvalue weighted by molar-refractivity contribution is 8.15. The number of hydrogen-bond donors (Lipinski definition) is 1. The Kier molecular flexibility index (Phi) is 8.85. The van der Waals surface area contributed by atoms with Crippen LogP contribution in [0.4, 0.5) is 4.79 Å². The molecule has 11 heteroatoms. The molecular formula is C12H24N3O4PS3. The Morgan fingerprint density at radius 2 is 2.09 bits per heavy atom. The van der Waals surface area contributed by atoms with Crippen molar-refractivity contribution in [3.63, 3.8) is 0 Å². The van der Waals surface area contributed by atoms with Crippen molar-refractivity contribution in [3.8, 4) is 0 Å². The van der Waals surface area contributed by atoms with Crippen LogP contribution in [-0.4, -0.2) is 47.1 Å². The van der Waals surface area contributed by atoms with Crippen molar-refractivity contribution in [1.29, 1.82) is 0 Å². The van der Waals surface area contributed by atoms with Crippen molar-refractivity contribution in [3.05, 3.63) is 0 Å². The predicted molar refractivity (Wildman–Crippen MR) is 101 cm³/mol. The lowest BCUT2D eigenvalue weighted by Crippen LogP contribution is -2.33. The Labute approximate surface area is 151 Å². The minimum absolute atomic E-state index is 0.0262. The minimum Gasteiger partial charge on any atom is -0.317 e. The molecule has 0 saturated carbocycles. The first-order valence-corrected chi connectivity index (χ1v) is 11.8. The van der Waals surface area contributed by atoms with Gasteiger partial charge in [0.15, 0.2) is 0 Å². The predicted octanol–water partition coefficient (Wildman–Crippen LogP) is 3.63. The van der Waals surface area contributed by atoms with Crippen LogP contribution in [-0.2, 0) is 25.7 Å². The van der Waals surface area contributed by atoms with E-state index in [1.54, 1.807) is 6.92 Å². The van der Waals surface area contributed by atoms with Crippen LogP contribution in [0.1, 0.15) is 27.7 Å². The molecule has 1 amide bonds. The van der Waals surface area contributed by atoms with Crippen LogP contribution < -0.4 is 5.32 Å². The third-order valence-corrected chi connectivity index (χ3v) is 8.52. The molecule has 1 aliphatic heterocycles. The second-order valence-corrected chi connectivity index (χ2v) is 11.1. The van der Waals surface area contributed by atoms with Gasteiger partial charge in [-0.05, 0) is 36.9 Å². The van der Waals surface area contributed by atoms with Crippen molar-refractivity contribution in [2.24, 2.45) is 10.6 Å². The molecule has 0 aliphatic carbocycles. The van der Waals surface area contributed by atoms with Gasteiger partial charge >= 0.3 is 6.09 Å². The number of hydrogen-bond acceptors (Lipinski definition) is 8. The quantitative estimate of drug-likeness (QED) is 0.138. The number of carbonyl (C=O) groups is 1. The summed E-state index contributed by atoms with van der Waals surface area (Å²) in [6.45, 7) is 7.18. The molecule has 0 aromatic carbocycles. The SMILES string of the molecule is CCN(SCNC(=O)O/N=C(\C)SC)P1(=S)OCC(C)(C)CO1. The molecule has 7 nitrogen and oxygen atoms in total. The molecule has 0 bridgehead atoms. The number of amides is 1. The second-order valence-electron chi connectivity index (χ2n) is 5.49. The van der Waals surface area contributed by atoms with E-state index in [0.29, 0.717) is 30.7 Å². The smallest absolute Gasteiger partial charge is 0.317 e.